The number of pyridine rings is 1. The lowest BCUT2D eigenvalue weighted by Crippen LogP contribution is -2.36. The van der Waals surface area contributed by atoms with Crippen molar-refractivity contribution < 1.29 is 0 Å². The van der Waals surface area contributed by atoms with Crippen LogP contribution in [-0.4, -0.2) is 27.8 Å². The van der Waals surface area contributed by atoms with Crippen LogP contribution in [0.2, 0.25) is 0 Å². The molecule has 2 aromatic heterocycles. The third-order valence-electron chi connectivity index (χ3n) is 5.06. The third kappa shape index (κ3) is 5.22. The molecule has 0 fully saturated rings. The first-order valence-electron chi connectivity index (χ1n) is 10.0. The first-order valence-corrected chi connectivity index (χ1v) is 10.0. The van der Waals surface area contributed by atoms with Crippen molar-refractivity contribution in [2.24, 2.45) is 4.99 Å². The molecule has 4 rings (SSSR count). The summed E-state index contributed by atoms with van der Waals surface area (Å²) in [5.74, 6) is 0.742. The van der Waals surface area contributed by atoms with E-state index in [-0.39, 0.29) is 24.0 Å². The molecule has 0 spiro atoms. The topological polar surface area (TPSA) is 67.1 Å². The van der Waals surface area contributed by atoms with E-state index in [1.165, 1.54) is 0 Å². The van der Waals surface area contributed by atoms with Crippen LogP contribution in [0.3, 0.4) is 0 Å². The maximum absolute atomic E-state index is 4.63. The molecule has 0 unspecified atom stereocenters. The van der Waals surface area contributed by atoms with Gasteiger partial charge in [0.15, 0.2) is 5.96 Å². The summed E-state index contributed by atoms with van der Waals surface area (Å²) in [6.45, 7) is 5.37. The van der Waals surface area contributed by atoms with E-state index < -0.39 is 0 Å². The first kappa shape index (κ1) is 22.7. The summed E-state index contributed by atoms with van der Waals surface area (Å²) >= 11 is 0. The number of aryl methyl sites for hydroxylation is 2. The van der Waals surface area contributed by atoms with Gasteiger partial charge in [-0.25, -0.2) is 4.68 Å². The molecular formula is C24H27IN6. The zero-order valence-electron chi connectivity index (χ0n) is 18.0. The van der Waals surface area contributed by atoms with Crippen molar-refractivity contribution in [3.63, 3.8) is 0 Å². The molecule has 0 bridgehead atoms. The van der Waals surface area contributed by atoms with Gasteiger partial charge in [0.1, 0.15) is 0 Å². The van der Waals surface area contributed by atoms with Gasteiger partial charge in [0, 0.05) is 37.4 Å². The molecule has 7 heteroatoms. The van der Waals surface area contributed by atoms with Crippen LogP contribution in [0.4, 0.5) is 0 Å². The lowest BCUT2D eigenvalue weighted by Gasteiger charge is -2.15. The Morgan fingerprint density at radius 2 is 1.65 bits per heavy atom. The van der Waals surface area contributed by atoms with E-state index in [2.05, 4.69) is 75.1 Å². The number of halogens is 1. The van der Waals surface area contributed by atoms with E-state index in [0.29, 0.717) is 13.1 Å². The lowest BCUT2D eigenvalue weighted by molar-refractivity contribution is 0.782. The maximum Gasteiger partial charge on any atom is 0.191 e. The number of nitrogens with zero attached hydrogens (tertiary/aromatic N) is 4. The predicted octanol–water partition coefficient (Wildman–Crippen LogP) is 4.52. The number of benzene rings is 2. The molecule has 2 heterocycles. The zero-order valence-corrected chi connectivity index (χ0v) is 20.3. The molecule has 0 radical (unpaired) electrons. The van der Waals surface area contributed by atoms with Gasteiger partial charge < -0.3 is 10.6 Å². The molecule has 0 saturated carbocycles. The highest BCUT2D eigenvalue weighted by molar-refractivity contribution is 14.0. The van der Waals surface area contributed by atoms with Crippen LogP contribution in [0.1, 0.15) is 22.5 Å². The third-order valence-corrected chi connectivity index (χ3v) is 5.06. The van der Waals surface area contributed by atoms with Crippen LogP contribution >= 0.6 is 24.0 Å². The van der Waals surface area contributed by atoms with E-state index in [1.54, 1.807) is 7.05 Å². The minimum absolute atomic E-state index is 0. The monoisotopic (exact) mass is 526 g/mol. The molecule has 0 aliphatic carbocycles. The average Bonchev–Trinajstić information content (AvgIpc) is 3.11. The molecule has 4 aromatic rings. The van der Waals surface area contributed by atoms with Crippen LogP contribution < -0.4 is 10.6 Å². The highest BCUT2D eigenvalue weighted by atomic mass is 127. The maximum atomic E-state index is 4.63. The summed E-state index contributed by atoms with van der Waals surface area (Å²) in [4.78, 5) is 8.90. The minimum atomic E-state index is 0. The molecule has 0 aliphatic rings. The Bertz CT molecular complexity index is 1190. The number of nitrogens with one attached hydrogen (secondary N) is 2. The second-order valence-electron chi connectivity index (χ2n) is 7.24. The number of guanidine groups is 1. The highest BCUT2D eigenvalue weighted by Crippen LogP contribution is 2.17. The van der Waals surface area contributed by atoms with Crippen molar-refractivity contribution in [1.29, 1.82) is 0 Å². The number of fused-ring (bicyclic) bond motifs is 1. The molecule has 2 N–H and O–H groups in total. The van der Waals surface area contributed by atoms with Crippen molar-refractivity contribution in [1.82, 2.24) is 25.4 Å². The Morgan fingerprint density at radius 1 is 0.935 bits per heavy atom. The molecule has 31 heavy (non-hydrogen) atoms. The van der Waals surface area contributed by atoms with Gasteiger partial charge in [-0.15, -0.1) is 24.0 Å². The Balaban J connectivity index is 0.00000272. The number of aliphatic imine (C=N–C) groups is 1. The summed E-state index contributed by atoms with van der Waals surface area (Å²) in [5.41, 5.74) is 6.50. The molecule has 160 valence electrons. The minimum Gasteiger partial charge on any atom is -0.352 e. The second-order valence-corrected chi connectivity index (χ2v) is 7.24. The number of hydrogen-bond donors (Lipinski definition) is 2. The van der Waals surface area contributed by atoms with Gasteiger partial charge in [0.05, 0.1) is 16.9 Å². The fourth-order valence-electron chi connectivity index (χ4n) is 3.63. The molecule has 6 nitrogen and oxygen atoms in total. The second kappa shape index (κ2) is 10.4. The number of para-hydroxylation sites is 2. The molecule has 0 amide bonds. The van der Waals surface area contributed by atoms with Gasteiger partial charge in [-0.1, -0.05) is 42.5 Å². The summed E-state index contributed by atoms with van der Waals surface area (Å²) in [7, 11) is 1.78. The quantitative estimate of drug-likeness (QED) is 0.228. The molecule has 0 atom stereocenters. The first-order chi connectivity index (χ1) is 14.7. The Hall–Kier alpha value is -2.94. The SMILES string of the molecule is CN=C(NCc1ccccc1-n1nc(C)cc1C)NCc1cccc2cccnc12.I. The molecule has 2 aromatic carbocycles. The van der Waals surface area contributed by atoms with Crippen LogP contribution in [0, 0.1) is 13.8 Å². The van der Waals surface area contributed by atoms with Crippen molar-refractivity contribution >= 4 is 40.8 Å². The number of rotatable bonds is 5. The van der Waals surface area contributed by atoms with Gasteiger partial charge in [-0.3, -0.25) is 9.98 Å². The normalized spacial score (nSPS) is 11.3. The van der Waals surface area contributed by atoms with E-state index in [0.717, 1.165) is 45.1 Å². The van der Waals surface area contributed by atoms with Crippen molar-refractivity contribution in [3.05, 3.63) is 89.4 Å². The predicted molar refractivity (Wildman–Crippen MR) is 137 cm³/mol. The summed E-state index contributed by atoms with van der Waals surface area (Å²) in [5, 5.41) is 12.6. The Labute approximate surface area is 199 Å². The summed E-state index contributed by atoms with van der Waals surface area (Å²) in [6.07, 6.45) is 1.83. The van der Waals surface area contributed by atoms with Crippen LogP contribution in [0.15, 0.2) is 71.9 Å². The van der Waals surface area contributed by atoms with Crippen molar-refractivity contribution in [2.75, 3.05) is 7.05 Å². The fourth-order valence-corrected chi connectivity index (χ4v) is 3.63. The lowest BCUT2D eigenvalue weighted by atomic mass is 10.1. The van der Waals surface area contributed by atoms with Gasteiger partial charge >= 0.3 is 0 Å². The van der Waals surface area contributed by atoms with E-state index in [4.69, 9.17) is 0 Å². The van der Waals surface area contributed by atoms with Crippen molar-refractivity contribution in [3.8, 4) is 5.69 Å². The van der Waals surface area contributed by atoms with E-state index in [1.807, 2.05) is 36.0 Å². The largest absolute Gasteiger partial charge is 0.352 e. The number of aromatic nitrogens is 3. The smallest absolute Gasteiger partial charge is 0.191 e. The van der Waals surface area contributed by atoms with Crippen LogP contribution in [-0.2, 0) is 13.1 Å². The molecular weight excluding hydrogens is 499 g/mol. The summed E-state index contributed by atoms with van der Waals surface area (Å²) < 4.78 is 1.99. The standard InChI is InChI=1S/C24H26N6.HI/c1-17-14-18(2)30(29-17)22-12-5-4-8-20(22)15-27-24(25-3)28-16-21-10-6-9-19-11-7-13-26-23(19)21;/h4-14H,15-16H2,1-3H3,(H2,25,27,28);1H. The van der Waals surface area contributed by atoms with Crippen LogP contribution in [0.5, 0.6) is 0 Å². The van der Waals surface area contributed by atoms with Gasteiger partial charge in [-0.05, 0) is 43.2 Å². The van der Waals surface area contributed by atoms with Gasteiger partial charge in [0.25, 0.3) is 0 Å². The fraction of sp³-hybridized carbons (Fsp3) is 0.208. The zero-order chi connectivity index (χ0) is 20.9. The number of hydrogen-bond acceptors (Lipinski definition) is 3. The van der Waals surface area contributed by atoms with E-state index in [9.17, 15) is 0 Å². The van der Waals surface area contributed by atoms with E-state index >= 15 is 0 Å². The average molecular weight is 526 g/mol. The Kier molecular flexibility index (Phi) is 7.62. The van der Waals surface area contributed by atoms with Gasteiger partial charge in [0.2, 0.25) is 0 Å². The van der Waals surface area contributed by atoms with Gasteiger partial charge in [-0.2, -0.15) is 5.10 Å². The summed E-state index contributed by atoms with van der Waals surface area (Å²) in [6, 6.07) is 20.6. The molecule has 0 aliphatic heterocycles. The van der Waals surface area contributed by atoms with Crippen molar-refractivity contribution in [2.45, 2.75) is 26.9 Å². The van der Waals surface area contributed by atoms with Crippen LogP contribution in [0.25, 0.3) is 16.6 Å². The highest BCUT2D eigenvalue weighted by Gasteiger charge is 2.09. The Morgan fingerprint density at radius 3 is 2.39 bits per heavy atom. The molecule has 0 saturated heterocycles.